The van der Waals surface area contributed by atoms with Crippen LogP contribution in [0.4, 0.5) is 0 Å². The third kappa shape index (κ3) is 2.93. The molecule has 1 saturated heterocycles. The fraction of sp³-hybridized carbons (Fsp3) is 0.643. The predicted molar refractivity (Wildman–Crippen MR) is 73.2 cm³/mol. The van der Waals surface area contributed by atoms with Crippen LogP contribution in [0, 0.1) is 6.92 Å². The van der Waals surface area contributed by atoms with Crippen molar-refractivity contribution in [3.05, 3.63) is 23.0 Å². The molecule has 20 heavy (non-hydrogen) atoms. The van der Waals surface area contributed by atoms with Crippen molar-refractivity contribution in [2.45, 2.75) is 45.1 Å². The van der Waals surface area contributed by atoms with Gasteiger partial charge >= 0.3 is 0 Å². The van der Waals surface area contributed by atoms with Crippen molar-refractivity contribution in [2.24, 2.45) is 0 Å². The Morgan fingerprint density at radius 3 is 2.90 bits per heavy atom. The molecule has 2 atom stereocenters. The van der Waals surface area contributed by atoms with Crippen LogP contribution in [0.3, 0.4) is 0 Å². The van der Waals surface area contributed by atoms with Crippen molar-refractivity contribution < 1.29 is 20.1 Å². The molecular formula is C14H22N2O4. The summed E-state index contributed by atoms with van der Waals surface area (Å²) >= 11 is 0. The van der Waals surface area contributed by atoms with Gasteiger partial charge in [-0.15, -0.1) is 0 Å². The van der Waals surface area contributed by atoms with Gasteiger partial charge in [0, 0.05) is 43.4 Å². The van der Waals surface area contributed by atoms with Gasteiger partial charge in [-0.2, -0.15) is 0 Å². The Balaban J connectivity index is 2.02. The van der Waals surface area contributed by atoms with Crippen LogP contribution in [0.25, 0.3) is 0 Å². The lowest BCUT2D eigenvalue weighted by Crippen LogP contribution is -2.45. The zero-order valence-electron chi connectivity index (χ0n) is 11.9. The van der Waals surface area contributed by atoms with Crippen molar-refractivity contribution >= 4 is 0 Å². The van der Waals surface area contributed by atoms with Crippen molar-refractivity contribution in [1.29, 1.82) is 0 Å². The van der Waals surface area contributed by atoms with E-state index in [2.05, 4.69) is 10.3 Å². The highest BCUT2D eigenvalue weighted by molar-refractivity contribution is 5.40. The number of rotatable bonds is 5. The van der Waals surface area contributed by atoms with E-state index in [-0.39, 0.29) is 18.5 Å². The number of aryl methyl sites for hydroxylation is 1. The molecule has 0 aliphatic carbocycles. The molecule has 1 aliphatic rings. The molecule has 1 fully saturated rings. The van der Waals surface area contributed by atoms with E-state index in [1.54, 1.807) is 13.1 Å². The number of ether oxygens (including phenoxy) is 1. The summed E-state index contributed by atoms with van der Waals surface area (Å²) in [5.41, 5.74) is 0.852. The van der Waals surface area contributed by atoms with Crippen LogP contribution in [0.5, 0.6) is 5.75 Å². The van der Waals surface area contributed by atoms with Gasteiger partial charge in [0.15, 0.2) is 0 Å². The van der Waals surface area contributed by atoms with Gasteiger partial charge in [0.1, 0.15) is 11.4 Å². The second-order valence-corrected chi connectivity index (χ2v) is 5.32. The third-order valence-electron chi connectivity index (χ3n) is 3.99. The maximum absolute atomic E-state index is 10.4. The molecule has 1 aromatic heterocycles. The van der Waals surface area contributed by atoms with Crippen molar-refractivity contribution in [2.75, 3.05) is 13.2 Å². The molecule has 2 rings (SSSR count). The first kappa shape index (κ1) is 15.2. The zero-order chi connectivity index (χ0) is 14.8. The molecule has 0 aromatic carbocycles. The first-order valence-corrected chi connectivity index (χ1v) is 6.80. The van der Waals surface area contributed by atoms with Gasteiger partial charge in [-0.05, 0) is 13.8 Å². The lowest BCUT2D eigenvalue weighted by molar-refractivity contribution is -0.0263. The van der Waals surface area contributed by atoms with Gasteiger partial charge in [0.25, 0.3) is 0 Å². The van der Waals surface area contributed by atoms with Crippen molar-refractivity contribution in [3.8, 4) is 5.75 Å². The lowest BCUT2D eigenvalue weighted by Gasteiger charge is -2.26. The summed E-state index contributed by atoms with van der Waals surface area (Å²) in [5, 5.41) is 32.8. The van der Waals surface area contributed by atoms with E-state index in [0.29, 0.717) is 42.9 Å². The Bertz CT molecular complexity index is 480. The molecular weight excluding hydrogens is 260 g/mol. The highest BCUT2D eigenvalue weighted by Gasteiger charge is 2.39. The molecule has 1 aliphatic heterocycles. The van der Waals surface area contributed by atoms with Gasteiger partial charge in [-0.3, -0.25) is 4.98 Å². The summed E-state index contributed by atoms with van der Waals surface area (Å²) < 4.78 is 5.37. The minimum absolute atomic E-state index is 0.0896. The minimum Gasteiger partial charge on any atom is -0.506 e. The number of nitrogens with zero attached hydrogens (tertiary/aromatic N) is 1. The number of aliphatic hydroxyl groups is 2. The number of nitrogens with one attached hydrogen (secondary N) is 1. The summed E-state index contributed by atoms with van der Waals surface area (Å²) in [6, 6.07) is 0. The van der Waals surface area contributed by atoms with E-state index in [9.17, 15) is 15.3 Å². The van der Waals surface area contributed by atoms with Gasteiger partial charge in [0.05, 0.1) is 18.4 Å². The Morgan fingerprint density at radius 1 is 1.55 bits per heavy atom. The third-order valence-corrected chi connectivity index (χ3v) is 3.99. The lowest BCUT2D eigenvalue weighted by atomic mass is 9.96. The summed E-state index contributed by atoms with van der Waals surface area (Å²) in [6.45, 7) is 4.67. The standard InChI is InChI=1S/C14H22N2O4/c1-9-13(18)12(11(7-17)5-16-9)6-15-8-14(19)3-4-20-10(14)2/h5,10,15,17-19H,3-4,6-8H2,1-2H3. The summed E-state index contributed by atoms with van der Waals surface area (Å²) in [5.74, 6) is 0.0896. The van der Waals surface area contributed by atoms with Crippen LogP contribution in [-0.4, -0.2) is 45.2 Å². The Kier molecular flexibility index (Phi) is 4.59. The molecule has 0 bridgehead atoms. The summed E-state index contributed by atoms with van der Waals surface area (Å²) in [6.07, 6.45) is 1.94. The molecule has 2 unspecified atom stereocenters. The highest BCUT2D eigenvalue weighted by Crippen LogP contribution is 2.26. The van der Waals surface area contributed by atoms with Crippen LogP contribution in [-0.2, 0) is 17.9 Å². The van der Waals surface area contributed by atoms with Gasteiger partial charge in [-0.25, -0.2) is 0 Å². The zero-order valence-corrected chi connectivity index (χ0v) is 11.9. The average molecular weight is 282 g/mol. The van der Waals surface area contributed by atoms with Crippen LogP contribution >= 0.6 is 0 Å². The Labute approximate surface area is 118 Å². The van der Waals surface area contributed by atoms with E-state index in [1.807, 2.05) is 6.92 Å². The first-order valence-electron chi connectivity index (χ1n) is 6.80. The van der Waals surface area contributed by atoms with E-state index in [4.69, 9.17) is 4.74 Å². The van der Waals surface area contributed by atoms with E-state index < -0.39 is 5.60 Å². The molecule has 6 nitrogen and oxygen atoms in total. The largest absolute Gasteiger partial charge is 0.506 e. The highest BCUT2D eigenvalue weighted by atomic mass is 16.5. The number of aromatic nitrogens is 1. The molecule has 0 spiro atoms. The first-order chi connectivity index (χ1) is 9.48. The quantitative estimate of drug-likeness (QED) is 0.617. The average Bonchev–Trinajstić information content (AvgIpc) is 2.75. The van der Waals surface area contributed by atoms with Gasteiger partial charge in [0.2, 0.25) is 0 Å². The summed E-state index contributed by atoms with van der Waals surface area (Å²) in [7, 11) is 0. The predicted octanol–water partition coefficient (Wildman–Crippen LogP) is 0.217. The van der Waals surface area contributed by atoms with E-state index >= 15 is 0 Å². The maximum atomic E-state index is 10.4. The number of aromatic hydroxyl groups is 1. The molecule has 0 saturated carbocycles. The van der Waals surface area contributed by atoms with Crippen LogP contribution in [0.15, 0.2) is 6.20 Å². The number of hydrogen-bond donors (Lipinski definition) is 4. The van der Waals surface area contributed by atoms with Crippen LogP contribution in [0.1, 0.15) is 30.2 Å². The second-order valence-electron chi connectivity index (χ2n) is 5.32. The molecule has 6 heteroatoms. The normalized spacial score (nSPS) is 26.1. The molecule has 112 valence electrons. The molecule has 2 heterocycles. The number of pyridine rings is 1. The minimum atomic E-state index is -0.878. The van der Waals surface area contributed by atoms with E-state index in [1.165, 1.54) is 0 Å². The number of hydrogen-bond acceptors (Lipinski definition) is 6. The van der Waals surface area contributed by atoms with Crippen LogP contribution in [0.2, 0.25) is 0 Å². The van der Waals surface area contributed by atoms with Crippen molar-refractivity contribution in [1.82, 2.24) is 10.3 Å². The van der Waals surface area contributed by atoms with Gasteiger partial charge in [-0.1, -0.05) is 0 Å². The Hall–Kier alpha value is -1.21. The molecule has 0 amide bonds. The monoisotopic (exact) mass is 282 g/mol. The second kappa shape index (κ2) is 6.05. The topological polar surface area (TPSA) is 94.8 Å². The fourth-order valence-electron chi connectivity index (χ4n) is 2.42. The summed E-state index contributed by atoms with van der Waals surface area (Å²) in [4.78, 5) is 4.01. The van der Waals surface area contributed by atoms with Crippen LogP contribution < -0.4 is 5.32 Å². The van der Waals surface area contributed by atoms with Gasteiger partial charge < -0.3 is 25.4 Å². The molecule has 1 aromatic rings. The number of aliphatic hydroxyl groups excluding tert-OH is 1. The van der Waals surface area contributed by atoms with Crippen molar-refractivity contribution in [3.63, 3.8) is 0 Å². The Morgan fingerprint density at radius 2 is 2.30 bits per heavy atom. The van der Waals surface area contributed by atoms with E-state index in [0.717, 1.165) is 0 Å². The molecule has 0 radical (unpaired) electrons. The SMILES string of the molecule is Cc1ncc(CO)c(CNCC2(O)CCOC2C)c1O. The smallest absolute Gasteiger partial charge is 0.141 e. The fourth-order valence-corrected chi connectivity index (χ4v) is 2.42. The molecule has 4 N–H and O–H groups in total. The maximum Gasteiger partial charge on any atom is 0.141 e.